The molecule has 0 aliphatic rings. The fraction of sp³-hybridized carbons (Fsp3) is 0.286. The molecule has 6 aromatic rings. The molecule has 0 unspecified atom stereocenters. The number of nitrogens with zero attached hydrogens (tertiary/aromatic N) is 12. The second-order valence-electron chi connectivity index (χ2n) is 10.1. The molecule has 2 aromatic carbocycles. The predicted molar refractivity (Wildman–Crippen MR) is 157 cm³/mol. The number of tetrazole rings is 2. The molecule has 0 fully saturated rings. The number of benzene rings is 2. The van der Waals surface area contributed by atoms with Crippen molar-refractivity contribution in [3.05, 3.63) is 77.4 Å². The zero-order valence-corrected chi connectivity index (χ0v) is 23.9. The Bertz CT molecular complexity index is 1830. The molecule has 0 bridgehead atoms. The summed E-state index contributed by atoms with van der Waals surface area (Å²) in [6.07, 6.45) is 0. The molecule has 0 atom stereocenters. The number of ether oxygens (including phenoxy) is 1. The smallest absolute Gasteiger partial charge is 0.200 e. The summed E-state index contributed by atoms with van der Waals surface area (Å²) < 4.78 is 8.79. The number of hydrogen-bond donors (Lipinski definition) is 1. The predicted octanol–water partition coefficient (Wildman–Crippen LogP) is 2.73. The molecule has 4 aromatic heterocycles. The number of methoxy groups -OCH3 is 1. The van der Waals surface area contributed by atoms with Crippen LogP contribution in [0.4, 0.5) is 11.6 Å². The summed E-state index contributed by atoms with van der Waals surface area (Å²) in [6, 6.07) is 20.4. The molecule has 1 N–H and O–H groups in total. The highest BCUT2D eigenvalue weighted by atomic mass is 16.5. The van der Waals surface area contributed by atoms with Crippen LogP contribution in [-0.4, -0.2) is 83.2 Å². The molecule has 0 amide bonds. The van der Waals surface area contributed by atoms with E-state index >= 15 is 0 Å². The fourth-order valence-corrected chi connectivity index (χ4v) is 4.84. The minimum Gasteiger partial charge on any atom is -0.496 e. The number of fused-ring (bicyclic) bond motifs is 2. The summed E-state index contributed by atoms with van der Waals surface area (Å²) in [5.74, 6) is 2.29. The Morgan fingerprint density at radius 1 is 0.786 bits per heavy atom. The van der Waals surface area contributed by atoms with E-state index in [1.165, 1.54) is 14.8 Å². The Hall–Kier alpha value is -5.24. The van der Waals surface area contributed by atoms with Crippen LogP contribution in [0.5, 0.6) is 5.75 Å². The van der Waals surface area contributed by atoms with Crippen molar-refractivity contribution in [1.29, 1.82) is 0 Å². The molecule has 0 aliphatic carbocycles. The first kappa shape index (κ1) is 27.0. The Balaban J connectivity index is 1.27. The first-order valence-electron chi connectivity index (χ1n) is 13.5. The number of nitrogens with one attached hydrogen (secondary N) is 1. The van der Waals surface area contributed by atoms with Crippen molar-refractivity contribution < 1.29 is 4.74 Å². The Labute approximate surface area is 241 Å². The van der Waals surface area contributed by atoms with E-state index in [1.807, 2.05) is 24.3 Å². The van der Waals surface area contributed by atoms with Crippen molar-refractivity contribution in [3.8, 4) is 16.9 Å². The molecule has 0 saturated carbocycles. The van der Waals surface area contributed by atoms with E-state index in [9.17, 15) is 0 Å². The minimum absolute atomic E-state index is 0.584. The highest BCUT2D eigenvalue weighted by Crippen LogP contribution is 2.35. The van der Waals surface area contributed by atoms with Crippen molar-refractivity contribution >= 4 is 22.9 Å². The van der Waals surface area contributed by atoms with E-state index in [2.05, 4.69) is 114 Å². The van der Waals surface area contributed by atoms with E-state index in [-0.39, 0.29) is 0 Å². The van der Waals surface area contributed by atoms with Gasteiger partial charge in [-0.2, -0.15) is 0 Å². The van der Waals surface area contributed by atoms with Gasteiger partial charge in [0.1, 0.15) is 11.6 Å². The molecular formula is C28H31N13O. The maximum absolute atomic E-state index is 5.95. The van der Waals surface area contributed by atoms with Gasteiger partial charge in [-0.3, -0.25) is 0 Å². The third kappa shape index (κ3) is 5.65. The quantitative estimate of drug-likeness (QED) is 0.247. The maximum atomic E-state index is 5.95. The van der Waals surface area contributed by atoms with Crippen LogP contribution >= 0.6 is 0 Å². The van der Waals surface area contributed by atoms with Gasteiger partial charge >= 0.3 is 0 Å². The molecule has 42 heavy (non-hydrogen) atoms. The second-order valence-corrected chi connectivity index (χ2v) is 10.1. The zero-order valence-electron chi connectivity index (χ0n) is 23.9. The molecule has 14 nitrogen and oxygen atoms in total. The Morgan fingerprint density at radius 2 is 1.52 bits per heavy atom. The lowest BCUT2D eigenvalue weighted by molar-refractivity contribution is 0.402. The van der Waals surface area contributed by atoms with Gasteiger partial charge < -0.3 is 19.9 Å². The topological polar surface area (TPSA) is 140 Å². The highest BCUT2D eigenvalue weighted by molar-refractivity contribution is 5.75. The van der Waals surface area contributed by atoms with E-state index < -0.39 is 0 Å². The summed E-state index contributed by atoms with van der Waals surface area (Å²) in [6.45, 7) is 4.89. The van der Waals surface area contributed by atoms with E-state index in [0.717, 1.165) is 46.9 Å². The first-order chi connectivity index (χ1) is 20.5. The second kappa shape index (κ2) is 11.7. The summed E-state index contributed by atoms with van der Waals surface area (Å²) in [5, 5.41) is 35.3. The summed E-state index contributed by atoms with van der Waals surface area (Å²) in [4.78, 5) is 4.33. The molecule has 214 valence electrons. The number of hydrogen-bond acceptors (Lipinski definition) is 12. The fourth-order valence-electron chi connectivity index (χ4n) is 4.84. The largest absolute Gasteiger partial charge is 0.496 e. The van der Waals surface area contributed by atoms with Crippen molar-refractivity contribution in [1.82, 2.24) is 55.4 Å². The number of aromatic nitrogens is 10. The SMILES string of the molecule is CCN(Cc1ccc(-c2cc(CNc3ccc4nnnn4n3)ccc2CN(C)C)c(OC)c1)c1ccc2nnnn2n1. The first-order valence-corrected chi connectivity index (χ1v) is 13.5. The Kier molecular flexibility index (Phi) is 7.51. The number of anilines is 2. The Morgan fingerprint density at radius 3 is 2.26 bits per heavy atom. The van der Waals surface area contributed by atoms with Gasteiger partial charge in [0.25, 0.3) is 0 Å². The monoisotopic (exact) mass is 565 g/mol. The van der Waals surface area contributed by atoms with E-state index in [4.69, 9.17) is 4.74 Å². The van der Waals surface area contributed by atoms with Gasteiger partial charge in [-0.15, -0.1) is 29.7 Å². The van der Waals surface area contributed by atoms with Crippen molar-refractivity contribution in [2.45, 2.75) is 26.6 Å². The molecule has 0 aliphatic heterocycles. The third-order valence-corrected chi connectivity index (χ3v) is 6.89. The normalized spacial score (nSPS) is 11.5. The van der Waals surface area contributed by atoms with Crippen LogP contribution in [0.15, 0.2) is 60.7 Å². The van der Waals surface area contributed by atoms with E-state index in [0.29, 0.717) is 30.2 Å². The maximum Gasteiger partial charge on any atom is 0.200 e. The van der Waals surface area contributed by atoms with Gasteiger partial charge in [-0.1, -0.05) is 24.3 Å². The average molecular weight is 566 g/mol. The third-order valence-electron chi connectivity index (χ3n) is 6.89. The lowest BCUT2D eigenvalue weighted by Crippen LogP contribution is -2.24. The molecular weight excluding hydrogens is 534 g/mol. The molecule has 4 heterocycles. The van der Waals surface area contributed by atoms with Crippen LogP contribution in [0.25, 0.3) is 22.4 Å². The number of rotatable bonds is 11. The van der Waals surface area contributed by atoms with Crippen LogP contribution in [0.1, 0.15) is 23.6 Å². The van der Waals surface area contributed by atoms with Gasteiger partial charge in [0.2, 0.25) is 0 Å². The summed E-state index contributed by atoms with van der Waals surface area (Å²) >= 11 is 0. The van der Waals surface area contributed by atoms with Crippen molar-refractivity contribution in [2.24, 2.45) is 0 Å². The van der Waals surface area contributed by atoms with Crippen LogP contribution in [-0.2, 0) is 19.6 Å². The average Bonchev–Trinajstić information content (AvgIpc) is 3.68. The van der Waals surface area contributed by atoms with Gasteiger partial charge in [0.15, 0.2) is 17.1 Å². The lowest BCUT2D eigenvalue weighted by Gasteiger charge is -2.23. The molecule has 0 saturated heterocycles. The minimum atomic E-state index is 0.584. The highest BCUT2D eigenvalue weighted by Gasteiger charge is 2.16. The van der Waals surface area contributed by atoms with Gasteiger partial charge in [-0.05, 0) is 101 Å². The van der Waals surface area contributed by atoms with Gasteiger partial charge in [0, 0.05) is 31.7 Å². The molecule has 14 heteroatoms. The van der Waals surface area contributed by atoms with Crippen molar-refractivity contribution in [2.75, 3.05) is 38.0 Å². The van der Waals surface area contributed by atoms with Crippen LogP contribution in [0.3, 0.4) is 0 Å². The molecule has 6 rings (SSSR count). The van der Waals surface area contributed by atoms with Crippen LogP contribution < -0.4 is 15.0 Å². The van der Waals surface area contributed by atoms with Crippen molar-refractivity contribution in [3.63, 3.8) is 0 Å². The van der Waals surface area contributed by atoms with Gasteiger partial charge in [-0.25, -0.2) is 0 Å². The summed E-state index contributed by atoms with van der Waals surface area (Å²) in [5.41, 5.74) is 6.77. The van der Waals surface area contributed by atoms with Crippen LogP contribution in [0, 0.1) is 0 Å². The molecule has 0 radical (unpaired) electrons. The van der Waals surface area contributed by atoms with Crippen LogP contribution in [0.2, 0.25) is 0 Å². The van der Waals surface area contributed by atoms with E-state index in [1.54, 1.807) is 7.11 Å². The van der Waals surface area contributed by atoms with Gasteiger partial charge in [0.05, 0.1) is 7.11 Å². The molecule has 0 spiro atoms. The summed E-state index contributed by atoms with van der Waals surface area (Å²) in [7, 11) is 5.85. The zero-order chi connectivity index (χ0) is 29.1. The lowest BCUT2D eigenvalue weighted by atomic mass is 9.95. The standard InChI is InChI=1S/C28H31N13O/c1-5-39(28-13-12-27-31-35-37-41(27)33-28)17-20-7-9-22(24(15-20)42-4)23-14-19(6-8-21(23)18-38(2)3)16-29-25-10-11-26-30-34-36-40(26)32-25/h6-15H,5,16-18H2,1-4H3,(H,29,32).